The van der Waals surface area contributed by atoms with E-state index in [2.05, 4.69) is 37.4 Å². The Morgan fingerprint density at radius 2 is 1.94 bits per heavy atom. The lowest BCUT2D eigenvalue weighted by Gasteiger charge is -2.14. The molecule has 1 amide bonds. The summed E-state index contributed by atoms with van der Waals surface area (Å²) in [5.41, 5.74) is 1.64. The minimum absolute atomic E-state index is 0.114. The van der Waals surface area contributed by atoms with Crippen molar-refractivity contribution in [3.63, 3.8) is 0 Å². The van der Waals surface area contributed by atoms with Gasteiger partial charge in [0.1, 0.15) is 29.2 Å². The zero-order chi connectivity index (χ0) is 25.7. The number of aliphatic hydroxyl groups is 1. The fraction of sp³-hybridized carbons (Fsp3) is 0.185. The first-order chi connectivity index (χ1) is 17.2. The third-order valence-electron chi connectivity index (χ3n) is 5.07. The number of nitrogens with zero attached hydrogens (tertiary/aromatic N) is 3. The van der Waals surface area contributed by atoms with Gasteiger partial charge < -0.3 is 20.5 Å². The average molecular weight is 502 g/mol. The van der Waals surface area contributed by atoms with E-state index in [-0.39, 0.29) is 6.54 Å². The van der Waals surface area contributed by atoms with Crippen molar-refractivity contribution < 1.29 is 14.6 Å². The van der Waals surface area contributed by atoms with E-state index in [1.807, 2.05) is 43.3 Å². The summed E-state index contributed by atoms with van der Waals surface area (Å²) in [4.78, 5) is 24.7. The summed E-state index contributed by atoms with van der Waals surface area (Å²) in [5.74, 6) is 7.10. The number of ether oxygens (including phenoxy) is 1. The predicted molar refractivity (Wildman–Crippen MR) is 140 cm³/mol. The highest BCUT2D eigenvalue weighted by molar-refractivity contribution is 6.32. The van der Waals surface area contributed by atoms with E-state index in [1.165, 1.54) is 20.2 Å². The van der Waals surface area contributed by atoms with E-state index >= 15 is 0 Å². The van der Waals surface area contributed by atoms with Crippen LogP contribution in [0.1, 0.15) is 25.1 Å². The summed E-state index contributed by atoms with van der Waals surface area (Å²) >= 11 is 6.46. The number of fused-ring (bicyclic) bond motifs is 1. The van der Waals surface area contributed by atoms with Gasteiger partial charge in [-0.05, 0) is 69.3 Å². The van der Waals surface area contributed by atoms with Crippen molar-refractivity contribution in [1.82, 2.24) is 20.3 Å². The zero-order valence-electron chi connectivity index (χ0n) is 20.0. The van der Waals surface area contributed by atoms with Crippen LogP contribution in [0.25, 0.3) is 10.9 Å². The molecule has 2 aromatic carbocycles. The molecule has 0 aliphatic carbocycles. The molecule has 4 rings (SSSR count). The molecular formula is C27H24ClN5O3. The van der Waals surface area contributed by atoms with Gasteiger partial charge in [-0.25, -0.2) is 9.97 Å². The van der Waals surface area contributed by atoms with Crippen LogP contribution in [0.2, 0.25) is 5.02 Å². The molecule has 0 atom stereocenters. The van der Waals surface area contributed by atoms with Crippen molar-refractivity contribution in [3.05, 3.63) is 77.3 Å². The van der Waals surface area contributed by atoms with Crippen molar-refractivity contribution in [2.75, 3.05) is 11.9 Å². The van der Waals surface area contributed by atoms with Crippen molar-refractivity contribution >= 4 is 39.9 Å². The molecule has 0 fully saturated rings. The maximum atomic E-state index is 11.7. The van der Waals surface area contributed by atoms with Crippen LogP contribution < -0.4 is 15.4 Å². The number of hydrogen-bond acceptors (Lipinski definition) is 7. The van der Waals surface area contributed by atoms with Crippen molar-refractivity contribution in [3.8, 4) is 23.3 Å². The highest BCUT2D eigenvalue weighted by Crippen LogP contribution is 2.33. The molecule has 3 N–H and O–H groups in total. The summed E-state index contributed by atoms with van der Waals surface area (Å²) in [6.07, 6.45) is 3.12. The van der Waals surface area contributed by atoms with Gasteiger partial charge in [0, 0.05) is 22.3 Å². The van der Waals surface area contributed by atoms with Crippen LogP contribution in [0.3, 0.4) is 0 Å². The second-order valence-corrected chi connectivity index (χ2v) is 8.91. The number of benzene rings is 2. The molecule has 0 saturated heterocycles. The molecule has 0 unspecified atom stereocenters. The molecule has 2 heterocycles. The van der Waals surface area contributed by atoms with Gasteiger partial charge in [0.2, 0.25) is 0 Å². The predicted octanol–water partition coefficient (Wildman–Crippen LogP) is 4.76. The number of carbonyl (C=O) groups excluding carboxylic acids is 1. The second kappa shape index (κ2) is 10.6. The number of amides is 1. The van der Waals surface area contributed by atoms with Crippen molar-refractivity contribution in [2.45, 2.75) is 26.4 Å². The molecule has 0 aliphatic heterocycles. The Labute approximate surface area is 213 Å². The van der Waals surface area contributed by atoms with E-state index in [9.17, 15) is 9.90 Å². The molecule has 182 valence electrons. The minimum atomic E-state index is -1.45. The monoisotopic (exact) mass is 501 g/mol. The van der Waals surface area contributed by atoms with Crippen molar-refractivity contribution in [2.24, 2.45) is 0 Å². The first-order valence-corrected chi connectivity index (χ1v) is 11.5. The highest BCUT2D eigenvalue weighted by atomic mass is 35.5. The summed E-state index contributed by atoms with van der Waals surface area (Å²) in [6.45, 7) is 4.86. The lowest BCUT2D eigenvalue weighted by molar-refractivity contribution is -0.136. The van der Waals surface area contributed by atoms with E-state index < -0.39 is 11.5 Å². The van der Waals surface area contributed by atoms with Gasteiger partial charge in [-0.2, -0.15) is 0 Å². The number of rotatable bonds is 6. The van der Waals surface area contributed by atoms with Crippen LogP contribution in [-0.4, -0.2) is 38.1 Å². The van der Waals surface area contributed by atoms with E-state index in [1.54, 1.807) is 18.3 Å². The Morgan fingerprint density at radius 3 is 2.67 bits per heavy atom. The molecule has 0 radical (unpaired) electrons. The molecule has 0 saturated carbocycles. The van der Waals surface area contributed by atoms with Crippen LogP contribution in [0.4, 0.5) is 11.5 Å². The molecule has 2 aromatic heterocycles. The van der Waals surface area contributed by atoms with Crippen LogP contribution in [0.15, 0.2) is 61.1 Å². The number of halogens is 1. The number of aryl methyl sites for hydroxylation is 1. The summed E-state index contributed by atoms with van der Waals surface area (Å²) in [5, 5.41) is 16.7. The fourth-order valence-electron chi connectivity index (χ4n) is 3.16. The number of carbonyl (C=O) groups is 1. The van der Waals surface area contributed by atoms with E-state index in [0.29, 0.717) is 22.3 Å². The SMILES string of the molecule is Cc1ccc(Oc2ccc(Nc3ncnc4ccc(C#CCNC(=O)C(C)(C)O)cc34)cc2Cl)cn1. The molecule has 8 nitrogen and oxygen atoms in total. The smallest absolute Gasteiger partial charge is 0.252 e. The largest absolute Gasteiger partial charge is 0.454 e. The third kappa shape index (κ3) is 6.27. The number of hydrogen-bond donors (Lipinski definition) is 3. The van der Waals surface area contributed by atoms with Gasteiger partial charge in [0.15, 0.2) is 0 Å². The Bertz CT molecular complexity index is 1470. The standard InChI is InChI=1S/C27H24ClN5O3/c1-17-6-9-20(15-30-17)36-24-11-8-19(14-22(24)28)33-25-21-13-18(7-10-23(21)31-16-32-25)5-4-12-29-26(34)27(2,3)35/h6-11,13-16,35H,12H2,1-3H3,(H,29,34)(H,31,32,33). The molecule has 36 heavy (non-hydrogen) atoms. The average Bonchev–Trinajstić information content (AvgIpc) is 2.84. The van der Waals surface area contributed by atoms with Gasteiger partial charge in [0.05, 0.1) is 23.3 Å². The number of nitrogens with one attached hydrogen (secondary N) is 2. The first-order valence-electron chi connectivity index (χ1n) is 11.1. The Kier molecular flexibility index (Phi) is 7.34. The maximum Gasteiger partial charge on any atom is 0.252 e. The van der Waals surface area contributed by atoms with Gasteiger partial charge in [0.25, 0.3) is 5.91 Å². The summed E-state index contributed by atoms with van der Waals surface area (Å²) in [6, 6.07) is 14.6. The Morgan fingerprint density at radius 1 is 1.11 bits per heavy atom. The lowest BCUT2D eigenvalue weighted by atomic mass is 10.1. The van der Waals surface area contributed by atoms with Gasteiger partial charge in [-0.15, -0.1) is 0 Å². The van der Waals surface area contributed by atoms with Gasteiger partial charge in [-0.3, -0.25) is 9.78 Å². The highest BCUT2D eigenvalue weighted by Gasteiger charge is 2.22. The number of pyridine rings is 1. The normalized spacial score (nSPS) is 10.9. The van der Waals surface area contributed by atoms with E-state index in [4.69, 9.17) is 16.3 Å². The Balaban J connectivity index is 1.51. The first kappa shape index (κ1) is 24.9. The topological polar surface area (TPSA) is 109 Å². The quantitative estimate of drug-likeness (QED) is 0.327. The number of anilines is 2. The lowest BCUT2D eigenvalue weighted by Crippen LogP contribution is -2.42. The third-order valence-corrected chi connectivity index (χ3v) is 5.36. The van der Waals surface area contributed by atoms with Crippen LogP contribution in [-0.2, 0) is 4.79 Å². The Hall–Kier alpha value is -4.19. The molecular weight excluding hydrogens is 478 g/mol. The number of aromatic nitrogens is 3. The molecule has 4 aromatic rings. The van der Waals surface area contributed by atoms with E-state index in [0.717, 1.165) is 27.8 Å². The van der Waals surface area contributed by atoms with Crippen LogP contribution in [0.5, 0.6) is 11.5 Å². The summed E-state index contributed by atoms with van der Waals surface area (Å²) < 4.78 is 5.83. The van der Waals surface area contributed by atoms with Gasteiger partial charge >= 0.3 is 0 Å². The van der Waals surface area contributed by atoms with Crippen molar-refractivity contribution in [1.29, 1.82) is 0 Å². The minimum Gasteiger partial charge on any atom is -0.454 e. The molecule has 0 bridgehead atoms. The molecule has 9 heteroatoms. The van der Waals surface area contributed by atoms with Gasteiger partial charge in [-0.1, -0.05) is 23.4 Å². The molecule has 0 aliphatic rings. The second-order valence-electron chi connectivity index (χ2n) is 8.51. The summed E-state index contributed by atoms with van der Waals surface area (Å²) in [7, 11) is 0. The zero-order valence-corrected chi connectivity index (χ0v) is 20.7. The molecule has 0 spiro atoms. The maximum absolute atomic E-state index is 11.7. The van der Waals surface area contributed by atoms with Crippen LogP contribution in [0, 0.1) is 18.8 Å². The fourth-order valence-corrected chi connectivity index (χ4v) is 3.38. The van der Waals surface area contributed by atoms with Crippen LogP contribution >= 0.6 is 11.6 Å².